The number of aryl methyl sites for hydroxylation is 1. The van der Waals surface area contributed by atoms with E-state index in [1.807, 2.05) is 6.92 Å². The average Bonchev–Trinajstić information content (AvgIpc) is 3.48. The van der Waals surface area contributed by atoms with Crippen molar-refractivity contribution in [1.82, 2.24) is 4.90 Å². The highest BCUT2D eigenvalue weighted by atomic mass is 32.1. The fraction of sp³-hybridized carbons (Fsp3) is 0.292. The zero-order chi connectivity index (χ0) is 22.7. The molecule has 2 aromatic heterocycles. The van der Waals surface area contributed by atoms with Gasteiger partial charge in [0.15, 0.2) is 11.5 Å². The first-order chi connectivity index (χ1) is 15.5. The number of ether oxygens (including phenoxy) is 1. The van der Waals surface area contributed by atoms with E-state index in [1.54, 1.807) is 54.5 Å². The molecule has 0 unspecified atom stereocenters. The third-order valence-corrected chi connectivity index (χ3v) is 6.76. The molecule has 2 amide bonds. The maximum absolute atomic E-state index is 13.1. The van der Waals surface area contributed by atoms with Gasteiger partial charge in [0.05, 0.1) is 23.3 Å². The van der Waals surface area contributed by atoms with Crippen LogP contribution in [0.1, 0.15) is 49.0 Å². The molecule has 3 aromatic rings. The van der Waals surface area contributed by atoms with E-state index in [2.05, 4.69) is 5.32 Å². The monoisotopic (exact) mass is 452 g/mol. The van der Waals surface area contributed by atoms with Gasteiger partial charge in [0, 0.05) is 24.6 Å². The van der Waals surface area contributed by atoms with Crippen LogP contribution in [0.5, 0.6) is 5.75 Å². The summed E-state index contributed by atoms with van der Waals surface area (Å²) in [4.78, 5) is 40.5. The number of furan rings is 1. The number of hydrogen-bond acceptors (Lipinski definition) is 6. The van der Waals surface area contributed by atoms with Crippen molar-refractivity contribution in [3.63, 3.8) is 0 Å². The van der Waals surface area contributed by atoms with E-state index in [4.69, 9.17) is 9.15 Å². The number of piperidine rings is 1. The Morgan fingerprint density at radius 2 is 1.84 bits per heavy atom. The Hall–Kier alpha value is -3.39. The Bertz CT molecular complexity index is 1110. The number of thiophene rings is 1. The number of carbonyl (C=O) groups excluding carboxylic acids is 3. The average molecular weight is 453 g/mol. The Kier molecular flexibility index (Phi) is 6.41. The van der Waals surface area contributed by atoms with Gasteiger partial charge in [0.1, 0.15) is 5.75 Å². The van der Waals surface area contributed by atoms with E-state index in [0.29, 0.717) is 47.1 Å². The maximum Gasteiger partial charge on any atom is 0.291 e. The number of Topliss-reactive ketones (excluding diaryl/α,β-unsaturated/α-hetero) is 1. The fourth-order valence-electron chi connectivity index (χ4n) is 3.82. The van der Waals surface area contributed by atoms with Crippen LogP contribution in [0.15, 0.2) is 53.1 Å². The van der Waals surface area contributed by atoms with Crippen molar-refractivity contribution in [2.75, 3.05) is 25.5 Å². The van der Waals surface area contributed by atoms with Gasteiger partial charge in [-0.15, -0.1) is 11.3 Å². The summed E-state index contributed by atoms with van der Waals surface area (Å²) in [6.45, 7) is 2.90. The van der Waals surface area contributed by atoms with Crippen LogP contribution in [0.25, 0.3) is 0 Å². The van der Waals surface area contributed by atoms with Gasteiger partial charge in [-0.1, -0.05) is 0 Å². The lowest BCUT2D eigenvalue weighted by molar-refractivity contribution is 0.0653. The van der Waals surface area contributed by atoms with Crippen LogP contribution in [0.3, 0.4) is 0 Å². The quantitative estimate of drug-likeness (QED) is 0.550. The number of methoxy groups -OCH3 is 1. The number of amides is 2. The molecule has 4 rings (SSSR count). The Balaban J connectivity index is 1.36. The molecule has 1 aliphatic rings. The smallest absolute Gasteiger partial charge is 0.291 e. The summed E-state index contributed by atoms with van der Waals surface area (Å²) >= 11 is 1.25. The molecular formula is C24H24N2O5S. The molecule has 7 nitrogen and oxygen atoms in total. The van der Waals surface area contributed by atoms with Crippen LogP contribution in [0.2, 0.25) is 0 Å². The minimum Gasteiger partial charge on any atom is -0.497 e. The van der Waals surface area contributed by atoms with Crippen LogP contribution >= 0.6 is 11.3 Å². The van der Waals surface area contributed by atoms with Gasteiger partial charge in [-0.2, -0.15) is 0 Å². The standard InChI is InChI=1S/C24H24N2O5S/c1-15-14-20(25-23(28)19-4-3-13-31-19)32-22(15)24(29)26-11-9-17(10-12-26)21(27)16-5-7-18(30-2)8-6-16/h3-8,13-14,17H,9-12H2,1-2H3,(H,25,28). The topological polar surface area (TPSA) is 88.9 Å². The first-order valence-corrected chi connectivity index (χ1v) is 11.2. The number of rotatable bonds is 6. The van der Waals surface area contributed by atoms with Crippen molar-refractivity contribution in [1.29, 1.82) is 0 Å². The molecule has 1 fully saturated rings. The lowest BCUT2D eigenvalue weighted by Gasteiger charge is -2.31. The molecule has 32 heavy (non-hydrogen) atoms. The third kappa shape index (κ3) is 4.60. The van der Waals surface area contributed by atoms with E-state index >= 15 is 0 Å². The predicted molar refractivity (Wildman–Crippen MR) is 122 cm³/mol. The highest BCUT2D eigenvalue weighted by molar-refractivity contribution is 7.18. The van der Waals surface area contributed by atoms with E-state index in [-0.39, 0.29) is 29.3 Å². The van der Waals surface area contributed by atoms with Crippen LogP contribution in [0, 0.1) is 12.8 Å². The molecule has 3 heterocycles. The van der Waals surface area contributed by atoms with Crippen LogP contribution in [0.4, 0.5) is 5.00 Å². The molecule has 166 valence electrons. The van der Waals surface area contributed by atoms with Crippen molar-refractivity contribution >= 4 is 33.9 Å². The summed E-state index contributed by atoms with van der Waals surface area (Å²) in [7, 11) is 1.59. The summed E-state index contributed by atoms with van der Waals surface area (Å²) in [5, 5.41) is 3.37. The molecule has 0 aliphatic carbocycles. The van der Waals surface area contributed by atoms with E-state index in [1.165, 1.54) is 17.6 Å². The lowest BCUT2D eigenvalue weighted by Crippen LogP contribution is -2.40. The first-order valence-electron chi connectivity index (χ1n) is 10.4. The Morgan fingerprint density at radius 3 is 2.47 bits per heavy atom. The van der Waals surface area contributed by atoms with Gasteiger partial charge in [0.2, 0.25) is 0 Å². The van der Waals surface area contributed by atoms with Gasteiger partial charge in [0.25, 0.3) is 11.8 Å². The normalized spacial score (nSPS) is 14.2. The maximum atomic E-state index is 13.1. The molecule has 0 radical (unpaired) electrons. The molecule has 1 N–H and O–H groups in total. The third-order valence-electron chi connectivity index (χ3n) is 5.62. The van der Waals surface area contributed by atoms with Crippen molar-refractivity contribution in [3.8, 4) is 5.75 Å². The summed E-state index contributed by atoms with van der Waals surface area (Å²) in [5.41, 5.74) is 1.48. The van der Waals surface area contributed by atoms with Crippen molar-refractivity contribution in [3.05, 3.63) is 70.5 Å². The molecule has 0 spiro atoms. The Labute approximate surface area is 190 Å². The number of ketones is 1. The largest absolute Gasteiger partial charge is 0.497 e. The van der Waals surface area contributed by atoms with Gasteiger partial charge >= 0.3 is 0 Å². The predicted octanol–water partition coefficient (Wildman–Crippen LogP) is 4.65. The number of hydrogen-bond donors (Lipinski definition) is 1. The molecule has 1 aromatic carbocycles. The van der Waals surface area contributed by atoms with Crippen LogP contribution in [-0.4, -0.2) is 42.7 Å². The number of nitrogens with one attached hydrogen (secondary N) is 1. The second kappa shape index (κ2) is 9.40. The summed E-state index contributed by atoms with van der Waals surface area (Å²) < 4.78 is 10.2. The molecule has 0 atom stereocenters. The minimum absolute atomic E-state index is 0.0682. The molecule has 1 aliphatic heterocycles. The zero-order valence-corrected chi connectivity index (χ0v) is 18.7. The van der Waals surface area contributed by atoms with Crippen molar-refractivity contribution in [2.24, 2.45) is 5.92 Å². The van der Waals surface area contributed by atoms with Crippen molar-refractivity contribution in [2.45, 2.75) is 19.8 Å². The molecular weight excluding hydrogens is 428 g/mol. The van der Waals surface area contributed by atoms with E-state index in [0.717, 1.165) is 5.56 Å². The zero-order valence-electron chi connectivity index (χ0n) is 17.9. The number of carbonyl (C=O) groups is 3. The molecule has 0 saturated carbocycles. The van der Waals surface area contributed by atoms with Crippen LogP contribution < -0.4 is 10.1 Å². The first kappa shape index (κ1) is 21.8. The Morgan fingerprint density at radius 1 is 1.12 bits per heavy atom. The van der Waals surface area contributed by atoms with E-state index in [9.17, 15) is 14.4 Å². The minimum atomic E-state index is -0.354. The van der Waals surface area contributed by atoms with Gasteiger partial charge in [-0.25, -0.2) is 0 Å². The highest BCUT2D eigenvalue weighted by Crippen LogP contribution is 2.30. The van der Waals surface area contributed by atoms with Gasteiger partial charge in [-0.05, 0) is 67.8 Å². The summed E-state index contributed by atoms with van der Waals surface area (Å²) in [6, 6.07) is 12.2. The van der Waals surface area contributed by atoms with Gasteiger partial charge in [-0.3, -0.25) is 14.4 Å². The number of anilines is 1. The number of nitrogens with zero attached hydrogens (tertiary/aromatic N) is 1. The van der Waals surface area contributed by atoms with Gasteiger partial charge < -0.3 is 19.4 Å². The van der Waals surface area contributed by atoms with Crippen molar-refractivity contribution < 1.29 is 23.5 Å². The number of likely N-dealkylation sites (tertiary alicyclic amines) is 1. The second-order valence-electron chi connectivity index (χ2n) is 7.71. The SMILES string of the molecule is COc1ccc(C(=O)C2CCN(C(=O)c3sc(NC(=O)c4ccco4)cc3C)CC2)cc1. The van der Waals surface area contributed by atoms with Crippen LogP contribution in [-0.2, 0) is 0 Å². The molecule has 1 saturated heterocycles. The summed E-state index contributed by atoms with van der Waals surface area (Å²) in [6.07, 6.45) is 2.69. The summed E-state index contributed by atoms with van der Waals surface area (Å²) in [5.74, 6) is 0.519. The number of benzene rings is 1. The lowest BCUT2D eigenvalue weighted by atomic mass is 9.89. The second-order valence-corrected chi connectivity index (χ2v) is 8.77. The molecule has 8 heteroatoms. The highest BCUT2D eigenvalue weighted by Gasteiger charge is 2.30. The fourth-order valence-corrected chi connectivity index (χ4v) is 4.85. The van der Waals surface area contributed by atoms with E-state index < -0.39 is 0 Å². The molecule has 0 bridgehead atoms.